The van der Waals surface area contributed by atoms with Gasteiger partial charge in [-0.05, 0) is 25.8 Å². The zero-order chi connectivity index (χ0) is 13.9. The largest absolute Gasteiger partial charge is 0.495 e. The minimum Gasteiger partial charge on any atom is -0.495 e. The van der Waals surface area contributed by atoms with Crippen LogP contribution < -0.4 is 10.1 Å². The monoisotopic (exact) mass is 270 g/mol. The molecule has 20 heavy (non-hydrogen) atoms. The summed E-state index contributed by atoms with van der Waals surface area (Å²) in [5.74, 6) is 3.06. The lowest BCUT2D eigenvalue weighted by atomic mass is 10.2. The fraction of sp³-hybridized carbons (Fsp3) is 0.400. The number of hydrogen-bond acceptors (Lipinski definition) is 5. The average Bonchev–Trinajstić information content (AvgIpc) is 3.32. The van der Waals surface area contributed by atoms with Crippen molar-refractivity contribution >= 4 is 5.82 Å². The van der Waals surface area contributed by atoms with Gasteiger partial charge >= 0.3 is 0 Å². The molecule has 0 aliphatic heterocycles. The van der Waals surface area contributed by atoms with E-state index in [1.54, 1.807) is 19.5 Å². The minimum absolute atomic E-state index is 0.519. The maximum Gasteiger partial charge on any atom is 0.137 e. The van der Waals surface area contributed by atoms with Gasteiger partial charge in [0.1, 0.15) is 17.4 Å². The number of nitrogens with zero attached hydrogens (tertiary/aromatic N) is 3. The highest BCUT2D eigenvalue weighted by Crippen LogP contribution is 2.39. The molecular formula is C15H18N4O. The maximum absolute atomic E-state index is 5.22. The molecule has 1 saturated carbocycles. The van der Waals surface area contributed by atoms with Crippen LogP contribution in [0.4, 0.5) is 5.82 Å². The van der Waals surface area contributed by atoms with Gasteiger partial charge in [0, 0.05) is 30.3 Å². The summed E-state index contributed by atoms with van der Waals surface area (Å²) < 4.78 is 5.22. The van der Waals surface area contributed by atoms with Crippen molar-refractivity contribution in [1.82, 2.24) is 15.0 Å². The second-order valence-electron chi connectivity index (χ2n) is 4.91. The zero-order valence-electron chi connectivity index (χ0n) is 11.8. The SMILES string of the molecule is CCNc1cc(-c2cncc(OC)c2)nc(C2CC2)n1. The number of pyridine rings is 1. The van der Waals surface area contributed by atoms with E-state index < -0.39 is 0 Å². The molecule has 3 rings (SSSR count). The van der Waals surface area contributed by atoms with Crippen molar-refractivity contribution < 1.29 is 4.74 Å². The quantitative estimate of drug-likeness (QED) is 0.905. The van der Waals surface area contributed by atoms with Gasteiger partial charge in [0.2, 0.25) is 0 Å². The molecule has 5 heteroatoms. The third-order valence-electron chi connectivity index (χ3n) is 3.29. The fourth-order valence-corrected chi connectivity index (χ4v) is 2.08. The lowest BCUT2D eigenvalue weighted by Gasteiger charge is -2.09. The van der Waals surface area contributed by atoms with Gasteiger partial charge in [-0.2, -0.15) is 0 Å². The van der Waals surface area contributed by atoms with E-state index in [0.717, 1.165) is 35.2 Å². The molecule has 0 amide bonds. The predicted octanol–water partition coefficient (Wildman–Crippen LogP) is 2.86. The van der Waals surface area contributed by atoms with Crippen molar-refractivity contribution in [1.29, 1.82) is 0 Å². The standard InChI is InChI=1S/C15H18N4O/c1-3-17-14-7-13(18-15(19-14)10-4-5-10)11-6-12(20-2)9-16-8-11/h6-10H,3-5H2,1-2H3,(H,17,18,19). The van der Waals surface area contributed by atoms with Gasteiger partial charge in [0.25, 0.3) is 0 Å². The third kappa shape index (κ3) is 2.71. The summed E-state index contributed by atoms with van der Waals surface area (Å²) in [4.78, 5) is 13.4. The minimum atomic E-state index is 0.519. The van der Waals surface area contributed by atoms with Crippen molar-refractivity contribution in [3.63, 3.8) is 0 Å². The summed E-state index contributed by atoms with van der Waals surface area (Å²) in [6.07, 6.45) is 5.87. The summed E-state index contributed by atoms with van der Waals surface area (Å²) >= 11 is 0. The molecule has 1 aliphatic rings. The Morgan fingerprint density at radius 3 is 2.80 bits per heavy atom. The molecule has 0 unspecified atom stereocenters. The van der Waals surface area contributed by atoms with E-state index in [4.69, 9.17) is 4.74 Å². The van der Waals surface area contributed by atoms with E-state index in [-0.39, 0.29) is 0 Å². The summed E-state index contributed by atoms with van der Waals surface area (Å²) in [5, 5.41) is 3.27. The first-order chi connectivity index (χ1) is 9.80. The number of anilines is 1. The molecule has 0 radical (unpaired) electrons. The molecule has 2 aromatic rings. The smallest absolute Gasteiger partial charge is 0.137 e. The Balaban J connectivity index is 2.01. The van der Waals surface area contributed by atoms with Crippen LogP contribution in [0.3, 0.4) is 0 Å². The molecule has 0 aromatic carbocycles. The Hall–Kier alpha value is -2.17. The van der Waals surface area contributed by atoms with Crippen LogP contribution in [-0.2, 0) is 0 Å². The topological polar surface area (TPSA) is 59.9 Å². The summed E-state index contributed by atoms with van der Waals surface area (Å²) in [6, 6.07) is 3.91. The van der Waals surface area contributed by atoms with Crippen molar-refractivity contribution in [2.24, 2.45) is 0 Å². The fourth-order valence-electron chi connectivity index (χ4n) is 2.08. The molecule has 1 fully saturated rings. The number of methoxy groups -OCH3 is 1. The lowest BCUT2D eigenvalue weighted by Crippen LogP contribution is -2.04. The van der Waals surface area contributed by atoms with Gasteiger partial charge in [-0.25, -0.2) is 9.97 Å². The van der Waals surface area contributed by atoms with Gasteiger partial charge in [-0.15, -0.1) is 0 Å². The summed E-state index contributed by atoms with van der Waals surface area (Å²) in [6.45, 7) is 2.91. The van der Waals surface area contributed by atoms with Crippen LogP contribution in [0, 0.1) is 0 Å². The van der Waals surface area contributed by atoms with Crippen molar-refractivity contribution in [2.45, 2.75) is 25.7 Å². The van der Waals surface area contributed by atoms with Gasteiger partial charge in [-0.1, -0.05) is 0 Å². The highest BCUT2D eigenvalue weighted by molar-refractivity contribution is 5.63. The molecule has 1 aliphatic carbocycles. The van der Waals surface area contributed by atoms with Crippen molar-refractivity contribution in [3.8, 4) is 17.0 Å². The van der Waals surface area contributed by atoms with Crippen molar-refractivity contribution in [3.05, 3.63) is 30.4 Å². The molecule has 0 atom stereocenters. The highest BCUT2D eigenvalue weighted by Gasteiger charge is 2.27. The Morgan fingerprint density at radius 2 is 2.10 bits per heavy atom. The zero-order valence-corrected chi connectivity index (χ0v) is 11.8. The molecule has 0 bridgehead atoms. The van der Waals surface area contributed by atoms with E-state index in [1.165, 1.54) is 12.8 Å². The van der Waals surface area contributed by atoms with Crippen LogP contribution in [0.1, 0.15) is 31.5 Å². The number of ether oxygens (including phenoxy) is 1. The van der Waals surface area contributed by atoms with E-state index in [9.17, 15) is 0 Å². The van der Waals surface area contributed by atoms with Gasteiger partial charge in [0.15, 0.2) is 0 Å². The Kier molecular flexibility index (Phi) is 3.50. The van der Waals surface area contributed by atoms with Crippen LogP contribution >= 0.6 is 0 Å². The summed E-state index contributed by atoms with van der Waals surface area (Å²) in [7, 11) is 1.64. The first-order valence-electron chi connectivity index (χ1n) is 6.92. The number of aromatic nitrogens is 3. The normalized spacial score (nSPS) is 14.1. The average molecular weight is 270 g/mol. The van der Waals surface area contributed by atoms with E-state index in [0.29, 0.717) is 5.92 Å². The third-order valence-corrected chi connectivity index (χ3v) is 3.29. The lowest BCUT2D eigenvalue weighted by molar-refractivity contribution is 0.413. The van der Waals surface area contributed by atoms with Crippen molar-refractivity contribution in [2.75, 3.05) is 19.0 Å². The van der Waals surface area contributed by atoms with Crippen LogP contribution in [0.25, 0.3) is 11.3 Å². The molecule has 104 valence electrons. The molecule has 5 nitrogen and oxygen atoms in total. The van der Waals surface area contributed by atoms with Crippen LogP contribution in [0.2, 0.25) is 0 Å². The molecule has 0 spiro atoms. The Morgan fingerprint density at radius 1 is 1.25 bits per heavy atom. The van der Waals surface area contributed by atoms with Crippen LogP contribution in [0.5, 0.6) is 5.75 Å². The molecule has 2 aromatic heterocycles. The highest BCUT2D eigenvalue weighted by atomic mass is 16.5. The first kappa shape index (κ1) is 12.8. The number of nitrogens with one attached hydrogen (secondary N) is 1. The van der Waals surface area contributed by atoms with E-state index in [1.807, 2.05) is 12.1 Å². The maximum atomic E-state index is 5.22. The number of rotatable bonds is 5. The van der Waals surface area contributed by atoms with Gasteiger partial charge < -0.3 is 10.1 Å². The van der Waals surface area contributed by atoms with Crippen LogP contribution in [-0.4, -0.2) is 28.6 Å². The molecule has 2 heterocycles. The number of hydrogen-bond donors (Lipinski definition) is 1. The first-order valence-corrected chi connectivity index (χ1v) is 6.92. The molecular weight excluding hydrogens is 252 g/mol. The molecule has 1 N–H and O–H groups in total. The Bertz CT molecular complexity index is 611. The molecule has 0 saturated heterocycles. The Labute approximate surface area is 118 Å². The van der Waals surface area contributed by atoms with Gasteiger partial charge in [-0.3, -0.25) is 4.98 Å². The second kappa shape index (κ2) is 5.45. The summed E-state index contributed by atoms with van der Waals surface area (Å²) in [5.41, 5.74) is 1.84. The van der Waals surface area contributed by atoms with E-state index in [2.05, 4.69) is 27.2 Å². The van der Waals surface area contributed by atoms with Gasteiger partial charge in [0.05, 0.1) is 19.0 Å². The predicted molar refractivity (Wildman–Crippen MR) is 78.0 cm³/mol. The van der Waals surface area contributed by atoms with Crippen LogP contribution in [0.15, 0.2) is 24.5 Å². The van der Waals surface area contributed by atoms with E-state index >= 15 is 0 Å². The second-order valence-corrected chi connectivity index (χ2v) is 4.91.